The lowest BCUT2D eigenvalue weighted by Crippen LogP contribution is -2.23. The third-order valence-electron chi connectivity index (χ3n) is 3.66. The molecule has 0 spiro atoms. The summed E-state index contributed by atoms with van der Waals surface area (Å²) in [6, 6.07) is 12.2. The van der Waals surface area contributed by atoms with Crippen LogP contribution in [-0.2, 0) is 6.54 Å². The number of carbonyl (C=O) groups excluding carboxylic acids is 1. The van der Waals surface area contributed by atoms with Crippen molar-refractivity contribution in [3.05, 3.63) is 69.8 Å². The molecule has 0 aliphatic heterocycles. The van der Waals surface area contributed by atoms with Crippen molar-refractivity contribution in [1.29, 1.82) is 0 Å². The summed E-state index contributed by atoms with van der Waals surface area (Å²) in [6.07, 6.45) is 0. The molecule has 2 nitrogen and oxygen atoms in total. The van der Waals surface area contributed by atoms with Crippen LogP contribution in [0, 0.1) is 27.7 Å². The molecule has 0 aliphatic rings. The average Bonchev–Trinajstić information content (AvgIpc) is 2.42. The first-order valence-corrected chi connectivity index (χ1v) is 6.89. The lowest BCUT2D eigenvalue weighted by Gasteiger charge is -2.10. The molecule has 0 atom stereocenters. The number of hydrogen-bond donors (Lipinski definition) is 1. The van der Waals surface area contributed by atoms with Gasteiger partial charge in [-0.3, -0.25) is 4.79 Å². The Balaban J connectivity index is 2.09. The maximum Gasteiger partial charge on any atom is 0.251 e. The van der Waals surface area contributed by atoms with Crippen LogP contribution in [0.15, 0.2) is 36.4 Å². The fraction of sp³-hybridized carbons (Fsp3) is 0.278. The molecule has 2 rings (SSSR count). The predicted octanol–water partition coefficient (Wildman–Crippen LogP) is 3.85. The van der Waals surface area contributed by atoms with Crippen molar-refractivity contribution in [2.75, 3.05) is 0 Å². The first-order valence-electron chi connectivity index (χ1n) is 6.89. The molecular weight excluding hydrogens is 246 g/mol. The lowest BCUT2D eigenvalue weighted by molar-refractivity contribution is 0.0950. The van der Waals surface area contributed by atoms with E-state index in [2.05, 4.69) is 37.4 Å². The summed E-state index contributed by atoms with van der Waals surface area (Å²) >= 11 is 0. The first-order chi connectivity index (χ1) is 9.47. The molecule has 0 aromatic heterocycles. The van der Waals surface area contributed by atoms with Gasteiger partial charge in [0.25, 0.3) is 5.91 Å². The zero-order valence-corrected chi connectivity index (χ0v) is 12.6. The second-order valence-electron chi connectivity index (χ2n) is 5.42. The Morgan fingerprint density at radius 3 is 2.15 bits per heavy atom. The Labute approximate surface area is 120 Å². The number of aryl methyl sites for hydroxylation is 4. The Morgan fingerprint density at radius 1 is 0.900 bits per heavy atom. The van der Waals surface area contributed by atoms with Gasteiger partial charge in [-0.2, -0.15) is 0 Å². The van der Waals surface area contributed by atoms with Crippen molar-refractivity contribution in [2.24, 2.45) is 0 Å². The van der Waals surface area contributed by atoms with E-state index in [1.807, 2.05) is 32.0 Å². The van der Waals surface area contributed by atoms with E-state index in [0.717, 1.165) is 22.3 Å². The highest BCUT2D eigenvalue weighted by Gasteiger charge is 2.10. The highest BCUT2D eigenvalue weighted by atomic mass is 16.1. The van der Waals surface area contributed by atoms with Crippen LogP contribution in [-0.4, -0.2) is 5.91 Å². The summed E-state index contributed by atoms with van der Waals surface area (Å²) in [7, 11) is 0. The fourth-order valence-electron chi connectivity index (χ4n) is 2.19. The summed E-state index contributed by atoms with van der Waals surface area (Å²) in [5.41, 5.74) is 6.50. The Kier molecular flexibility index (Phi) is 4.23. The quantitative estimate of drug-likeness (QED) is 0.899. The van der Waals surface area contributed by atoms with Crippen LogP contribution in [0.2, 0.25) is 0 Å². The van der Waals surface area contributed by atoms with Gasteiger partial charge in [0.05, 0.1) is 0 Å². The van der Waals surface area contributed by atoms with E-state index in [0.29, 0.717) is 6.54 Å². The average molecular weight is 267 g/mol. The van der Waals surface area contributed by atoms with E-state index in [-0.39, 0.29) is 5.91 Å². The van der Waals surface area contributed by atoms with Crippen molar-refractivity contribution < 1.29 is 4.79 Å². The van der Waals surface area contributed by atoms with Gasteiger partial charge in [-0.1, -0.05) is 35.9 Å². The molecule has 2 heteroatoms. The summed E-state index contributed by atoms with van der Waals surface area (Å²) in [6.45, 7) is 8.70. The second-order valence-corrected chi connectivity index (χ2v) is 5.42. The molecule has 0 bridgehead atoms. The van der Waals surface area contributed by atoms with Crippen LogP contribution in [0.3, 0.4) is 0 Å². The Bertz CT molecular complexity index is 627. The van der Waals surface area contributed by atoms with Crippen molar-refractivity contribution >= 4 is 5.91 Å². The number of hydrogen-bond acceptors (Lipinski definition) is 1. The number of rotatable bonds is 3. The minimum Gasteiger partial charge on any atom is -0.348 e. The number of carbonyl (C=O) groups is 1. The topological polar surface area (TPSA) is 29.1 Å². The largest absolute Gasteiger partial charge is 0.348 e. The summed E-state index contributed by atoms with van der Waals surface area (Å²) < 4.78 is 0. The predicted molar refractivity (Wildman–Crippen MR) is 83.0 cm³/mol. The number of benzene rings is 2. The standard InChI is InChI=1S/C18H21NO/c1-12-5-7-16(8-6-12)11-19-18(20)17-10-14(3)13(2)9-15(17)4/h5-10H,11H2,1-4H3,(H,19,20). The molecule has 2 aromatic carbocycles. The minimum atomic E-state index is -0.00817. The summed E-state index contributed by atoms with van der Waals surface area (Å²) in [4.78, 5) is 12.3. The van der Waals surface area contributed by atoms with Crippen LogP contribution >= 0.6 is 0 Å². The van der Waals surface area contributed by atoms with Crippen LogP contribution in [0.4, 0.5) is 0 Å². The zero-order valence-electron chi connectivity index (χ0n) is 12.6. The third-order valence-corrected chi connectivity index (χ3v) is 3.66. The molecule has 2 aromatic rings. The van der Waals surface area contributed by atoms with Gasteiger partial charge >= 0.3 is 0 Å². The smallest absolute Gasteiger partial charge is 0.251 e. The Hall–Kier alpha value is -2.09. The number of amides is 1. The molecule has 0 saturated carbocycles. The van der Waals surface area contributed by atoms with Gasteiger partial charge in [0, 0.05) is 12.1 Å². The summed E-state index contributed by atoms with van der Waals surface area (Å²) in [5, 5.41) is 2.98. The molecule has 104 valence electrons. The Morgan fingerprint density at radius 2 is 1.50 bits per heavy atom. The molecule has 20 heavy (non-hydrogen) atoms. The highest BCUT2D eigenvalue weighted by Crippen LogP contribution is 2.15. The van der Waals surface area contributed by atoms with Gasteiger partial charge < -0.3 is 5.32 Å². The van der Waals surface area contributed by atoms with Crippen LogP contribution < -0.4 is 5.32 Å². The molecule has 1 N–H and O–H groups in total. The highest BCUT2D eigenvalue weighted by molar-refractivity contribution is 5.95. The van der Waals surface area contributed by atoms with E-state index in [1.165, 1.54) is 11.1 Å². The van der Waals surface area contributed by atoms with Gasteiger partial charge in [0.2, 0.25) is 0 Å². The van der Waals surface area contributed by atoms with Gasteiger partial charge in [0.15, 0.2) is 0 Å². The molecule has 0 fully saturated rings. The van der Waals surface area contributed by atoms with E-state index < -0.39 is 0 Å². The maximum absolute atomic E-state index is 12.3. The SMILES string of the molecule is Cc1ccc(CNC(=O)c2cc(C)c(C)cc2C)cc1. The van der Waals surface area contributed by atoms with E-state index in [9.17, 15) is 4.79 Å². The van der Waals surface area contributed by atoms with Crippen molar-refractivity contribution in [3.63, 3.8) is 0 Å². The minimum absolute atomic E-state index is 0.00817. The zero-order chi connectivity index (χ0) is 14.7. The van der Waals surface area contributed by atoms with Gasteiger partial charge in [-0.05, 0) is 56.0 Å². The summed E-state index contributed by atoms with van der Waals surface area (Å²) in [5.74, 6) is -0.00817. The van der Waals surface area contributed by atoms with Crippen molar-refractivity contribution in [1.82, 2.24) is 5.32 Å². The van der Waals surface area contributed by atoms with Crippen molar-refractivity contribution in [2.45, 2.75) is 34.2 Å². The normalized spacial score (nSPS) is 10.4. The fourth-order valence-corrected chi connectivity index (χ4v) is 2.19. The molecular formula is C18H21NO. The lowest BCUT2D eigenvalue weighted by atomic mass is 10.0. The van der Waals surface area contributed by atoms with Gasteiger partial charge in [0.1, 0.15) is 0 Å². The second kappa shape index (κ2) is 5.91. The molecule has 0 heterocycles. The van der Waals surface area contributed by atoms with Crippen LogP contribution in [0.5, 0.6) is 0 Å². The maximum atomic E-state index is 12.3. The van der Waals surface area contributed by atoms with E-state index >= 15 is 0 Å². The van der Waals surface area contributed by atoms with Crippen LogP contribution in [0.25, 0.3) is 0 Å². The molecule has 0 aliphatic carbocycles. The van der Waals surface area contributed by atoms with Crippen molar-refractivity contribution in [3.8, 4) is 0 Å². The number of nitrogens with one attached hydrogen (secondary N) is 1. The molecule has 0 unspecified atom stereocenters. The molecule has 0 radical (unpaired) electrons. The monoisotopic (exact) mass is 267 g/mol. The first kappa shape index (κ1) is 14.3. The van der Waals surface area contributed by atoms with E-state index in [1.54, 1.807) is 0 Å². The van der Waals surface area contributed by atoms with Gasteiger partial charge in [-0.25, -0.2) is 0 Å². The van der Waals surface area contributed by atoms with Crippen LogP contribution in [0.1, 0.15) is 38.2 Å². The van der Waals surface area contributed by atoms with Gasteiger partial charge in [-0.15, -0.1) is 0 Å². The van der Waals surface area contributed by atoms with E-state index in [4.69, 9.17) is 0 Å². The molecule has 0 saturated heterocycles. The molecule has 1 amide bonds. The third kappa shape index (κ3) is 3.27.